The van der Waals surface area contributed by atoms with Crippen LogP contribution in [-0.4, -0.2) is 17.3 Å². The Morgan fingerprint density at radius 1 is 1.40 bits per heavy atom. The van der Waals surface area contributed by atoms with Gasteiger partial charge in [-0.3, -0.25) is 0 Å². The lowest BCUT2D eigenvalue weighted by molar-refractivity contribution is 0.378. The highest BCUT2D eigenvalue weighted by atomic mass is 19.1. The monoisotopic (exact) mass is 206 g/mol. The summed E-state index contributed by atoms with van der Waals surface area (Å²) in [5.41, 5.74) is 2.16. The summed E-state index contributed by atoms with van der Waals surface area (Å²) in [6.07, 6.45) is 1.20. The maximum atomic E-state index is 12.6. The van der Waals surface area contributed by atoms with E-state index in [1.807, 2.05) is 31.4 Å². The number of nitrogens with zero attached hydrogens (tertiary/aromatic N) is 1. The van der Waals surface area contributed by atoms with Gasteiger partial charge in [0.1, 0.15) is 6.17 Å². The van der Waals surface area contributed by atoms with Crippen LogP contribution in [0.1, 0.15) is 6.92 Å². The lowest BCUT2D eigenvalue weighted by Crippen LogP contribution is -2.11. The third-order valence-corrected chi connectivity index (χ3v) is 2.47. The fourth-order valence-electron chi connectivity index (χ4n) is 1.65. The summed E-state index contributed by atoms with van der Waals surface area (Å²) < 4.78 is 14.7. The quantitative estimate of drug-likeness (QED) is 0.817. The zero-order chi connectivity index (χ0) is 10.8. The van der Waals surface area contributed by atoms with E-state index in [9.17, 15) is 4.39 Å². The first-order valence-corrected chi connectivity index (χ1v) is 5.10. The van der Waals surface area contributed by atoms with Crippen molar-refractivity contribution in [2.24, 2.45) is 7.05 Å². The van der Waals surface area contributed by atoms with Crippen LogP contribution in [0.2, 0.25) is 0 Å². The molecule has 0 bridgehead atoms. The maximum Gasteiger partial charge on any atom is 0.114 e. The lowest BCUT2D eigenvalue weighted by atomic mass is 10.2. The summed E-state index contributed by atoms with van der Waals surface area (Å²) in [5, 5.41) is 4.24. The van der Waals surface area contributed by atoms with Crippen LogP contribution in [0.25, 0.3) is 10.9 Å². The molecule has 1 atom stereocenters. The third-order valence-electron chi connectivity index (χ3n) is 2.47. The molecule has 0 aliphatic rings. The van der Waals surface area contributed by atoms with Crippen molar-refractivity contribution in [1.29, 1.82) is 0 Å². The maximum absolute atomic E-state index is 12.6. The van der Waals surface area contributed by atoms with Gasteiger partial charge in [0.05, 0.1) is 0 Å². The second kappa shape index (κ2) is 3.93. The minimum Gasteiger partial charge on any atom is -0.382 e. The van der Waals surface area contributed by atoms with Crippen LogP contribution in [0.3, 0.4) is 0 Å². The molecule has 0 fully saturated rings. The van der Waals surface area contributed by atoms with E-state index >= 15 is 0 Å². The van der Waals surface area contributed by atoms with Gasteiger partial charge in [-0.25, -0.2) is 4.39 Å². The zero-order valence-corrected chi connectivity index (χ0v) is 9.00. The Kier molecular flexibility index (Phi) is 2.62. The van der Waals surface area contributed by atoms with Crippen molar-refractivity contribution in [1.82, 2.24) is 4.57 Å². The molecule has 2 nitrogen and oxygen atoms in total. The molecule has 2 aromatic rings. The molecular weight excluding hydrogens is 191 g/mol. The van der Waals surface area contributed by atoms with Crippen molar-refractivity contribution in [3.8, 4) is 0 Å². The summed E-state index contributed by atoms with van der Waals surface area (Å²) in [7, 11) is 2.01. The topological polar surface area (TPSA) is 17.0 Å². The summed E-state index contributed by atoms with van der Waals surface area (Å²) in [6.45, 7) is 1.91. The number of halogens is 1. The van der Waals surface area contributed by atoms with Crippen LogP contribution < -0.4 is 5.32 Å². The number of alkyl halides is 1. The molecule has 1 heterocycles. The number of fused-ring (bicyclic) bond motifs is 1. The summed E-state index contributed by atoms with van der Waals surface area (Å²) in [5.74, 6) is 0. The highest BCUT2D eigenvalue weighted by molar-refractivity contribution is 5.83. The van der Waals surface area contributed by atoms with E-state index in [1.54, 1.807) is 6.92 Å². The van der Waals surface area contributed by atoms with Gasteiger partial charge in [-0.2, -0.15) is 0 Å². The first-order chi connectivity index (χ1) is 7.16. The molecular formula is C12H15FN2. The molecule has 80 valence electrons. The predicted molar refractivity (Wildman–Crippen MR) is 62.0 cm³/mol. The van der Waals surface area contributed by atoms with Gasteiger partial charge >= 0.3 is 0 Å². The van der Waals surface area contributed by atoms with E-state index in [4.69, 9.17) is 0 Å². The highest BCUT2D eigenvalue weighted by Gasteiger charge is 2.01. The van der Waals surface area contributed by atoms with Crippen LogP contribution in [0.4, 0.5) is 10.1 Å². The molecule has 0 spiro atoms. The molecule has 0 amide bonds. The summed E-state index contributed by atoms with van der Waals surface area (Å²) >= 11 is 0. The Morgan fingerprint density at radius 2 is 2.20 bits per heavy atom. The van der Waals surface area contributed by atoms with Crippen molar-refractivity contribution in [3.05, 3.63) is 30.5 Å². The number of anilines is 1. The fraction of sp³-hybridized carbons (Fsp3) is 0.333. The van der Waals surface area contributed by atoms with Crippen molar-refractivity contribution in [3.63, 3.8) is 0 Å². The number of aromatic nitrogens is 1. The van der Waals surface area contributed by atoms with Gasteiger partial charge in [-0.15, -0.1) is 0 Å². The molecule has 0 aliphatic heterocycles. The number of benzene rings is 1. The van der Waals surface area contributed by atoms with Gasteiger partial charge in [-0.05, 0) is 31.2 Å². The van der Waals surface area contributed by atoms with Gasteiger partial charge < -0.3 is 9.88 Å². The average molecular weight is 206 g/mol. The first-order valence-electron chi connectivity index (χ1n) is 5.10. The minimum atomic E-state index is -0.823. The molecule has 0 saturated heterocycles. The Morgan fingerprint density at radius 3 is 2.93 bits per heavy atom. The van der Waals surface area contributed by atoms with Gasteiger partial charge in [-0.1, -0.05) is 0 Å². The number of aryl methyl sites for hydroxylation is 1. The Balaban J connectivity index is 2.23. The van der Waals surface area contributed by atoms with Gasteiger partial charge in [0.15, 0.2) is 0 Å². The minimum absolute atomic E-state index is 0.359. The Labute approximate surface area is 88.7 Å². The molecule has 0 radical (unpaired) electrons. The smallest absolute Gasteiger partial charge is 0.114 e. The van der Waals surface area contributed by atoms with E-state index < -0.39 is 6.17 Å². The van der Waals surface area contributed by atoms with Crippen molar-refractivity contribution >= 4 is 16.6 Å². The van der Waals surface area contributed by atoms with Gasteiger partial charge in [0.25, 0.3) is 0 Å². The van der Waals surface area contributed by atoms with E-state index in [-0.39, 0.29) is 0 Å². The van der Waals surface area contributed by atoms with E-state index in [1.165, 1.54) is 10.9 Å². The Hall–Kier alpha value is -1.51. The van der Waals surface area contributed by atoms with E-state index in [0.717, 1.165) is 5.69 Å². The van der Waals surface area contributed by atoms with Gasteiger partial charge in [0.2, 0.25) is 0 Å². The SMILES string of the molecule is CC(F)CNc1ccc2c(ccn2C)c1. The lowest BCUT2D eigenvalue weighted by Gasteiger charge is -2.07. The Bertz CT molecular complexity index is 460. The molecule has 0 saturated carbocycles. The van der Waals surface area contributed by atoms with Crippen LogP contribution in [0.15, 0.2) is 30.5 Å². The van der Waals surface area contributed by atoms with Crippen molar-refractivity contribution in [2.45, 2.75) is 13.1 Å². The highest BCUT2D eigenvalue weighted by Crippen LogP contribution is 2.19. The molecule has 2 rings (SSSR count). The standard InChI is InChI=1S/C12H15FN2/c1-9(13)8-14-11-3-4-12-10(7-11)5-6-15(12)2/h3-7,9,14H,8H2,1-2H3. The number of hydrogen-bond donors (Lipinski definition) is 1. The third kappa shape index (κ3) is 2.12. The number of rotatable bonds is 3. The molecule has 0 aliphatic carbocycles. The van der Waals surface area contributed by atoms with Crippen LogP contribution in [0, 0.1) is 0 Å². The van der Waals surface area contributed by atoms with E-state index in [0.29, 0.717) is 6.54 Å². The van der Waals surface area contributed by atoms with Crippen molar-refractivity contribution < 1.29 is 4.39 Å². The van der Waals surface area contributed by atoms with Crippen LogP contribution in [0.5, 0.6) is 0 Å². The summed E-state index contributed by atoms with van der Waals surface area (Å²) in [6, 6.07) is 8.11. The van der Waals surface area contributed by atoms with Gasteiger partial charge in [0, 0.05) is 36.4 Å². The zero-order valence-electron chi connectivity index (χ0n) is 9.00. The summed E-state index contributed by atoms with van der Waals surface area (Å²) in [4.78, 5) is 0. The molecule has 1 N–H and O–H groups in total. The second-order valence-corrected chi connectivity index (χ2v) is 3.86. The second-order valence-electron chi connectivity index (χ2n) is 3.86. The molecule has 1 unspecified atom stereocenters. The van der Waals surface area contributed by atoms with Crippen LogP contribution >= 0.6 is 0 Å². The average Bonchev–Trinajstić information content (AvgIpc) is 2.57. The largest absolute Gasteiger partial charge is 0.382 e. The van der Waals surface area contributed by atoms with Crippen molar-refractivity contribution in [2.75, 3.05) is 11.9 Å². The van der Waals surface area contributed by atoms with Crippen LogP contribution in [-0.2, 0) is 7.05 Å². The van der Waals surface area contributed by atoms with E-state index in [2.05, 4.69) is 16.0 Å². The fourth-order valence-corrected chi connectivity index (χ4v) is 1.65. The predicted octanol–water partition coefficient (Wildman–Crippen LogP) is 2.95. The molecule has 1 aromatic heterocycles. The molecule has 15 heavy (non-hydrogen) atoms. The first kappa shape index (κ1) is 10.0. The normalized spacial score (nSPS) is 13.0. The number of hydrogen-bond acceptors (Lipinski definition) is 1. The molecule has 1 aromatic carbocycles. The number of nitrogens with one attached hydrogen (secondary N) is 1. The molecule has 3 heteroatoms.